The first-order valence-corrected chi connectivity index (χ1v) is 13.9. The molecule has 210 valence electrons. The number of hydrogen-bond donors (Lipinski definition) is 1. The van der Waals surface area contributed by atoms with Crippen molar-refractivity contribution in [1.29, 1.82) is 0 Å². The third-order valence-electron chi connectivity index (χ3n) is 6.97. The quantitative estimate of drug-likeness (QED) is 0.183. The molecule has 2 aliphatic rings. The second-order valence-corrected chi connectivity index (χ2v) is 10.4. The minimum atomic E-state index is -0.701. The first-order chi connectivity index (χ1) is 18.9. The Kier molecular flexibility index (Phi) is 10.0. The van der Waals surface area contributed by atoms with Crippen molar-refractivity contribution < 1.29 is 28.9 Å². The van der Waals surface area contributed by atoms with Crippen LogP contribution in [0.1, 0.15) is 50.8 Å². The molecule has 0 aliphatic carbocycles. The fraction of sp³-hybridized carbons (Fsp3) is 0.484. The van der Waals surface area contributed by atoms with Crippen molar-refractivity contribution in [2.45, 2.75) is 39.7 Å². The second-order valence-electron chi connectivity index (χ2n) is 10.4. The van der Waals surface area contributed by atoms with Gasteiger partial charge in [-0.1, -0.05) is 39.3 Å². The van der Waals surface area contributed by atoms with Crippen molar-refractivity contribution >= 4 is 17.4 Å². The number of aliphatic hydroxyl groups is 1. The Morgan fingerprint density at radius 1 is 0.974 bits per heavy atom. The summed E-state index contributed by atoms with van der Waals surface area (Å²) in [4.78, 5) is 30.5. The van der Waals surface area contributed by atoms with Crippen LogP contribution in [0.5, 0.6) is 11.5 Å². The zero-order valence-corrected chi connectivity index (χ0v) is 23.2. The minimum Gasteiger partial charge on any atom is -0.507 e. The Morgan fingerprint density at radius 2 is 1.62 bits per heavy atom. The van der Waals surface area contributed by atoms with Crippen LogP contribution in [0.4, 0.5) is 0 Å². The number of carbonyl (C=O) groups is 2. The van der Waals surface area contributed by atoms with Crippen LogP contribution in [-0.2, 0) is 14.3 Å². The molecule has 4 rings (SSSR count). The highest BCUT2D eigenvalue weighted by Crippen LogP contribution is 2.40. The van der Waals surface area contributed by atoms with E-state index in [1.807, 2.05) is 24.3 Å². The number of aliphatic hydroxyl groups excluding tert-OH is 1. The summed E-state index contributed by atoms with van der Waals surface area (Å²) in [6, 6.07) is 13.7. The van der Waals surface area contributed by atoms with Crippen molar-refractivity contribution in [1.82, 2.24) is 9.80 Å². The first-order valence-electron chi connectivity index (χ1n) is 13.9. The number of likely N-dealkylation sites (tertiary alicyclic amines) is 1. The van der Waals surface area contributed by atoms with Crippen LogP contribution < -0.4 is 9.47 Å². The van der Waals surface area contributed by atoms with Gasteiger partial charge < -0.3 is 24.2 Å². The highest BCUT2D eigenvalue weighted by Gasteiger charge is 2.46. The molecule has 0 spiro atoms. The monoisotopic (exact) mass is 536 g/mol. The van der Waals surface area contributed by atoms with Gasteiger partial charge in [-0.2, -0.15) is 0 Å². The van der Waals surface area contributed by atoms with E-state index in [1.165, 1.54) is 0 Å². The smallest absolute Gasteiger partial charge is 0.295 e. The van der Waals surface area contributed by atoms with Crippen molar-refractivity contribution in [2.75, 3.05) is 52.6 Å². The van der Waals surface area contributed by atoms with E-state index in [9.17, 15) is 14.7 Å². The van der Waals surface area contributed by atoms with Gasteiger partial charge in [-0.15, -0.1) is 0 Å². The van der Waals surface area contributed by atoms with Crippen molar-refractivity contribution in [3.05, 3.63) is 65.2 Å². The SMILES string of the molecule is CCCCOc1ccc(C2/C(=C(\O)c3ccc(OCC(C)C)cc3)C(=O)C(=O)N2CCN2CCOCC2)cc1. The van der Waals surface area contributed by atoms with Crippen molar-refractivity contribution in [3.63, 3.8) is 0 Å². The third kappa shape index (κ3) is 7.19. The number of hydrogen-bond acceptors (Lipinski definition) is 7. The number of Topliss-reactive ketones (excluding diaryl/α,β-unsaturated/α-hetero) is 1. The van der Waals surface area contributed by atoms with Gasteiger partial charge in [0.05, 0.1) is 38.0 Å². The van der Waals surface area contributed by atoms with Gasteiger partial charge in [0.1, 0.15) is 17.3 Å². The molecular weight excluding hydrogens is 496 g/mol. The van der Waals surface area contributed by atoms with E-state index in [1.54, 1.807) is 29.2 Å². The standard InChI is InChI=1S/C31H40N2O6/c1-4-5-18-38-25-10-6-23(7-11-25)28-27(29(34)24-8-12-26(13-9-24)39-21-22(2)3)30(35)31(36)33(28)15-14-32-16-19-37-20-17-32/h6-13,22,28,34H,4-5,14-21H2,1-3H3/b29-27+. The molecular formula is C31H40N2O6. The number of nitrogens with zero attached hydrogens (tertiary/aromatic N) is 2. The number of amides is 1. The Bertz CT molecular complexity index is 1140. The number of morpholine rings is 1. The molecule has 2 aliphatic heterocycles. The summed E-state index contributed by atoms with van der Waals surface area (Å²) in [7, 11) is 0. The molecule has 0 radical (unpaired) electrons. The third-order valence-corrected chi connectivity index (χ3v) is 6.97. The highest BCUT2D eigenvalue weighted by molar-refractivity contribution is 6.46. The summed E-state index contributed by atoms with van der Waals surface area (Å²) < 4.78 is 17.0. The first kappa shape index (κ1) is 28.6. The van der Waals surface area contributed by atoms with Gasteiger partial charge in [-0.05, 0) is 54.3 Å². The van der Waals surface area contributed by atoms with Crippen molar-refractivity contribution in [2.24, 2.45) is 5.92 Å². The molecule has 2 saturated heterocycles. The molecule has 1 N–H and O–H groups in total. The normalized spacial score (nSPS) is 19.6. The van der Waals surface area contributed by atoms with Crippen LogP contribution in [0.2, 0.25) is 0 Å². The van der Waals surface area contributed by atoms with Gasteiger partial charge in [0, 0.05) is 31.7 Å². The van der Waals surface area contributed by atoms with Gasteiger partial charge in [0.15, 0.2) is 0 Å². The van der Waals surface area contributed by atoms with Gasteiger partial charge >= 0.3 is 0 Å². The van der Waals surface area contributed by atoms with Crippen LogP contribution >= 0.6 is 0 Å². The Labute approximate surface area is 231 Å². The van der Waals surface area contributed by atoms with Gasteiger partial charge in [0.2, 0.25) is 0 Å². The molecule has 2 fully saturated rings. The minimum absolute atomic E-state index is 0.0949. The number of carbonyl (C=O) groups excluding carboxylic acids is 2. The lowest BCUT2D eigenvalue weighted by atomic mass is 9.95. The molecule has 1 amide bonds. The lowest BCUT2D eigenvalue weighted by Gasteiger charge is -2.31. The summed E-state index contributed by atoms with van der Waals surface area (Å²) in [5.74, 6) is 0.328. The summed E-state index contributed by atoms with van der Waals surface area (Å²) in [5.41, 5.74) is 1.30. The summed E-state index contributed by atoms with van der Waals surface area (Å²) in [5, 5.41) is 11.4. The van der Waals surface area contributed by atoms with Crippen LogP contribution in [0, 0.1) is 5.92 Å². The molecule has 1 unspecified atom stereocenters. The number of ketones is 1. The van der Waals surface area contributed by atoms with E-state index in [0.29, 0.717) is 56.7 Å². The molecule has 8 nitrogen and oxygen atoms in total. The molecule has 1 atom stereocenters. The molecule has 39 heavy (non-hydrogen) atoms. The molecule has 0 saturated carbocycles. The maximum Gasteiger partial charge on any atom is 0.295 e. The van der Waals surface area contributed by atoms with Crippen LogP contribution in [0.3, 0.4) is 0 Å². The summed E-state index contributed by atoms with van der Waals surface area (Å²) >= 11 is 0. The molecule has 8 heteroatoms. The summed E-state index contributed by atoms with van der Waals surface area (Å²) in [6.45, 7) is 11.3. The predicted molar refractivity (Wildman–Crippen MR) is 150 cm³/mol. The molecule has 2 aromatic carbocycles. The molecule has 2 heterocycles. The van der Waals surface area contributed by atoms with E-state index in [-0.39, 0.29) is 11.3 Å². The number of ether oxygens (including phenoxy) is 3. The molecule has 2 aromatic rings. The number of unbranched alkanes of at least 4 members (excludes halogenated alkanes) is 1. The van der Waals surface area contributed by atoms with Crippen molar-refractivity contribution in [3.8, 4) is 11.5 Å². The van der Waals surface area contributed by atoms with Crippen LogP contribution in [-0.4, -0.2) is 79.2 Å². The molecule has 0 bridgehead atoms. The molecule has 0 aromatic heterocycles. The number of benzene rings is 2. The number of rotatable bonds is 12. The fourth-order valence-corrected chi connectivity index (χ4v) is 4.74. The lowest BCUT2D eigenvalue weighted by Crippen LogP contribution is -2.42. The van der Waals surface area contributed by atoms with Crippen LogP contribution in [0.25, 0.3) is 5.76 Å². The average molecular weight is 537 g/mol. The van der Waals surface area contributed by atoms with E-state index < -0.39 is 17.7 Å². The topological polar surface area (TPSA) is 88.5 Å². The van der Waals surface area contributed by atoms with E-state index >= 15 is 0 Å². The zero-order valence-electron chi connectivity index (χ0n) is 23.2. The van der Waals surface area contributed by atoms with Gasteiger partial charge in [-0.3, -0.25) is 14.5 Å². The largest absolute Gasteiger partial charge is 0.507 e. The summed E-state index contributed by atoms with van der Waals surface area (Å²) in [6.07, 6.45) is 2.01. The van der Waals surface area contributed by atoms with E-state index in [0.717, 1.165) is 37.2 Å². The average Bonchev–Trinajstić information content (AvgIpc) is 3.21. The Hall–Kier alpha value is -3.36. The van der Waals surface area contributed by atoms with Gasteiger partial charge in [-0.25, -0.2) is 0 Å². The fourth-order valence-electron chi connectivity index (χ4n) is 4.74. The van der Waals surface area contributed by atoms with E-state index in [2.05, 4.69) is 25.7 Å². The maximum atomic E-state index is 13.4. The second kappa shape index (κ2) is 13.6. The Balaban J connectivity index is 1.64. The van der Waals surface area contributed by atoms with Gasteiger partial charge in [0.25, 0.3) is 11.7 Å². The van der Waals surface area contributed by atoms with E-state index in [4.69, 9.17) is 14.2 Å². The Morgan fingerprint density at radius 3 is 2.26 bits per heavy atom. The highest BCUT2D eigenvalue weighted by atomic mass is 16.5. The maximum absolute atomic E-state index is 13.4. The zero-order chi connectivity index (χ0) is 27.8. The van der Waals surface area contributed by atoms with Crippen LogP contribution in [0.15, 0.2) is 54.1 Å². The predicted octanol–water partition coefficient (Wildman–Crippen LogP) is 4.65. The lowest BCUT2D eigenvalue weighted by molar-refractivity contribution is -0.140.